The Bertz CT molecular complexity index is 1080. The molecule has 0 amide bonds. The predicted octanol–water partition coefficient (Wildman–Crippen LogP) is 4.61. The summed E-state index contributed by atoms with van der Waals surface area (Å²) in [6, 6.07) is 7.22. The zero-order valence-corrected chi connectivity index (χ0v) is 17.5. The van der Waals surface area contributed by atoms with Crippen LogP contribution in [0.2, 0.25) is 20.5 Å². The minimum absolute atomic E-state index is 0.0323. The molecule has 0 aliphatic heterocycles. The first-order valence-corrected chi connectivity index (χ1v) is 10.3. The van der Waals surface area contributed by atoms with E-state index in [0.29, 0.717) is 5.02 Å². The molecule has 3 rings (SSSR count). The molecule has 0 aliphatic carbocycles. The van der Waals surface area contributed by atoms with E-state index in [2.05, 4.69) is 19.9 Å². The van der Waals surface area contributed by atoms with Gasteiger partial charge >= 0.3 is 0 Å². The molecule has 0 spiro atoms. The van der Waals surface area contributed by atoms with Gasteiger partial charge in [-0.2, -0.15) is 5.26 Å². The highest BCUT2D eigenvalue weighted by Crippen LogP contribution is 2.30. The van der Waals surface area contributed by atoms with Crippen molar-refractivity contribution >= 4 is 56.2 Å². The first kappa shape index (κ1) is 22.3. The first-order valence-electron chi connectivity index (χ1n) is 7.25. The topological polar surface area (TPSA) is 109 Å². The second-order valence-corrected chi connectivity index (χ2v) is 8.42. The van der Waals surface area contributed by atoms with Gasteiger partial charge in [0, 0.05) is 29.8 Å². The minimum Gasteiger partial charge on any atom is -0.254 e. The molecule has 1 atom stereocenters. The number of aromatic nitrogens is 4. The van der Waals surface area contributed by atoms with Gasteiger partial charge in [0.2, 0.25) is 9.84 Å². The van der Waals surface area contributed by atoms with Crippen molar-refractivity contribution in [2.75, 3.05) is 0 Å². The Labute approximate surface area is 180 Å². The molecule has 12 heteroatoms. The van der Waals surface area contributed by atoms with Crippen LogP contribution in [0.3, 0.4) is 0 Å². The van der Waals surface area contributed by atoms with Crippen LogP contribution in [-0.2, 0) is 9.84 Å². The molecule has 2 heterocycles. The van der Waals surface area contributed by atoms with Crippen molar-refractivity contribution in [2.45, 2.75) is 10.1 Å². The van der Waals surface area contributed by atoms with Crippen LogP contribution in [-0.4, -0.2) is 28.4 Å². The molecule has 0 bridgehead atoms. The van der Waals surface area contributed by atoms with E-state index >= 15 is 0 Å². The van der Waals surface area contributed by atoms with Crippen molar-refractivity contribution in [1.82, 2.24) is 19.9 Å². The first-order chi connectivity index (χ1) is 13.3. The zero-order chi connectivity index (χ0) is 20.7. The Morgan fingerprint density at radius 2 is 1.25 bits per heavy atom. The average Bonchev–Trinajstić information content (AvgIpc) is 2.67. The molecule has 1 unspecified atom stereocenters. The van der Waals surface area contributed by atoms with Gasteiger partial charge in [0.15, 0.2) is 20.7 Å². The molecule has 0 saturated heterocycles. The highest BCUT2D eigenvalue weighted by molar-refractivity contribution is 7.92. The maximum absolute atomic E-state index is 12.4. The number of halogens is 4. The van der Waals surface area contributed by atoms with E-state index in [-0.39, 0.29) is 26.0 Å². The molecular formula is C16H9Cl4N5O2S. The van der Waals surface area contributed by atoms with Gasteiger partial charge in [0.1, 0.15) is 5.69 Å². The van der Waals surface area contributed by atoms with Crippen LogP contribution in [0.15, 0.2) is 53.9 Å². The standard InChI is InChI=1S/C12H7Cl2N3O2S.C4H2Cl2N2/c13-8-1-3-9(4-2-8)20(18,19)10(7-15)11-12(14)17-6-5-16-11;5-3-4(6)8-2-1-7-3/h1-6,10H;1-2H. The monoisotopic (exact) mass is 475 g/mol. The van der Waals surface area contributed by atoms with Crippen LogP contribution in [0.5, 0.6) is 0 Å². The van der Waals surface area contributed by atoms with Crippen LogP contribution >= 0.6 is 46.4 Å². The van der Waals surface area contributed by atoms with Gasteiger partial charge in [-0.1, -0.05) is 46.4 Å². The van der Waals surface area contributed by atoms with Gasteiger partial charge in [-0.05, 0) is 24.3 Å². The second-order valence-electron chi connectivity index (χ2n) is 4.88. The quantitative estimate of drug-likeness (QED) is 0.542. The molecule has 7 nitrogen and oxygen atoms in total. The minimum atomic E-state index is -3.95. The Hall–Kier alpha value is -2.02. The van der Waals surface area contributed by atoms with Crippen LogP contribution in [0.1, 0.15) is 10.9 Å². The maximum Gasteiger partial charge on any atom is 0.200 e. The number of sulfone groups is 1. The Morgan fingerprint density at radius 1 is 0.786 bits per heavy atom. The van der Waals surface area contributed by atoms with Crippen molar-refractivity contribution in [3.8, 4) is 6.07 Å². The fourth-order valence-electron chi connectivity index (χ4n) is 1.85. The summed E-state index contributed by atoms with van der Waals surface area (Å²) in [7, 11) is -3.95. The number of nitriles is 1. The lowest BCUT2D eigenvalue weighted by atomic mass is 10.3. The SMILES string of the molecule is Clc1nccnc1Cl.N#CC(c1nccnc1Cl)S(=O)(=O)c1ccc(Cl)cc1. The van der Waals surface area contributed by atoms with E-state index in [4.69, 9.17) is 46.4 Å². The van der Waals surface area contributed by atoms with Crippen LogP contribution < -0.4 is 0 Å². The van der Waals surface area contributed by atoms with Gasteiger partial charge in [0.25, 0.3) is 0 Å². The third-order valence-corrected chi connectivity index (χ3v) is 6.18. The van der Waals surface area contributed by atoms with E-state index in [1.165, 1.54) is 49.1 Å². The van der Waals surface area contributed by atoms with Crippen LogP contribution in [0, 0.1) is 11.3 Å². The number of nitrogens with zero attached hydrogens (tertiary/aromatic N) is 5. The highest BCUT2D eigenvalue weighted by atomic mass is 35.5. The molecule has 0 aliphatic rings. The number of rotatable bonds is 3. The lowest BCUT2D eigenvalue weighted by Crippen LogP contribution is -2.14. The summed E-state index contributed by atoms with van der Waals surface area (Å²) >= 11 is 22.3. The zero-order valence-electron chi connectivity index (χ0n) is 13.7. The molecule has 0 N–H and O–H groups in total. The molecule has 144 valence electrons. The van der Waals surface area contributed by atoms with Crippen LogP contribution in [0.25, 0.3) is 0 Å². The van der Waals surface area contributed by atoms with Gasteiger partial charge in [-0.25, -0.2) is 23.4 Å². The summed E-state index contributed by atoms with van der Waals surface area (Å²) in [4.78, 5) is 14.8. The van der Waals surface area contributed by atoms with Gasteiger partial charge in [-0.15, -0.1) is 0 Å². The fourth-order valence-corrected chi connectivity index (χ4v) is 3.86. The summed E-state index contributed by atoms with van der Waals surface area (Å²) < 4.78 is 24.9. The predicted molar refractivity (Wildman–Crippen MR) is 106 cm³/mol. The van der Waals surface area contributed by atoms with Gasteiger partial charge in [-0.3, -0.25) is 4.98 Å². The second kappa shape index (κ2) is 9.96. The number of benzene rings is 1. The maximum atomic E-state index is 12.4. The molecular weight excluding hydrogens is 468 g/mol. The van der Waals surface area contributed by atoms with E-state index in [1.807, 2.05) is 0 Å². The Morgan fingerprint density at radius 3 is 1.68 bits per heavy atom. The smallest absolute Gasteiger partial charge is 0.200 e. The average molecular weight is 477 g/mol. The fraction of sp³-hybridized carbons (Fsp3) is 0.0625. The summed E-state index contributed by atoms with van der Waals surface area (Å²) in [5.74, 6) is 0. The molecule has 28 heavy (non-hydrogen) atoms. The van der Waals surface area contributed by atoms with Crippen molar-refractivity contribution in [3.63, 3.8) is 0 Å². The third kappa shape index (κ3) is 5.50. The molecule has 1 aromatic carbocycles. The van der Waals surface area contributed by atoms with E-state index < -0.39 is 15.1 Å². The summed E-state index contributed by atoms with van der Waals surface area (Å²) in [5.41, 5.74) is -0.0911. The van der Waals surface area contributed by atoms with Crippen molar-refractivity contribution in [1.29, 1.82) is 5.26 Å². The third-order valence-electron chi connectivity index (χ3n) is 3.11. The Balaban J connectivity index is 0.000000292. The van der Waals surface area contributed by atoms with Gasteiger partial charge in [0.05, 0.1) is 11.0 Å². The summed E-state index contributed by atoms with van der Waals surface area (Å²) in [6.07, 6.45) is 5.56. The largest absolute Gasteiger partial charge is 0.254 e. The lowest BCUT2D eigenvalue weighted by Gasteiger charge is -2.11. The van der Waals surface area contributed by atoms with Gasteiger partial charge < -0.3 is 0 Å². The summed E-state index contributed by atoms with van der Waals surface area (Å²) in [5, 5.41) is 8.42. The molecule has 0 fully saturated rings. The van der Waals surface area contributed by atoms with Crippen molar-refractivity contribution in [2.24, 2.45) is 0 Å². The van der Waals surface area contributed by atoms with E-state index in [9.17, 15) is 13.7 Å². The van der Waals surface area contributed by atoms with E-state index in [0.717, 1.165) is 0 Å². The Kier molecular flexibility index (Phi) is 7.92. The van der Waals surface area contributed by atoms with Crippen LogP contribution in [0.4, 0.5) is 0 Å². The number of hydrogen-bond acceptors (Lipinski definition) is 7. The van der Waals surface area contributed by atoms with Crippen molar-refractivity contribution in [3.05, 3.63) is 75.2 Å². The number of hydrogen-bond donors (Lipinski definition) is 0. The lowest BCUT2D eigenvalue weighted by molar-refractivity contribution is 0.590. The molecule has 0 saturated carbocycles. The van der Waals surface area contributed by atoms with E-state index in [1.54, 1.807) is 6.07 Å². The molecule has 2 aromatic heterocycles. The summed E-state index contributed by atoms with van der Waals surface area (Å²) in [6.45, 7) is 0. The normalized spacial score (nSPS) is 11.7. The molecule has 3 aromatic rings. The molecule has 0 radical (unpaired) electrons. The highest BCUT2D eigenvalue weighted by Gasteiger charge is 2.32. The van der Waals surface area contributed by atoms with Crippen molar-refractivity contribution < 1.29 is 8.42 Å².